The van der Waals surface area contributed by atoms with Gasteiger partial charge in [0, 0.05) is 36.9 Å². The second-order valence-corrected chi connectivity index (χ2v) is 7.36. The molecule has 1 N–H and O–H groups in total. The van der Waals surface area contributed by atoms with Crippen molar-refractivity contribution in [2.24, 2.45) is 0 Å². The zero-order chi connectivity index (χ0) is 18.7. The first-order valence-corrected chi connectivity index (χ1v) is 9.48. The van der Waals surface area contributed by atoms with Gasteiger partial charge in [0.05, 0.1) is 12.8 Å². The third kappa shape index (κ3) is 4.22. The van der Waals surface area contributed by atoms with Crippen LogP contribution in [0.5, 0.6) is 5.75 Å². The quantitative estimate of drug-likeness (QED) is 0.781. The van der Waals surface area contributed by atoms with Gasteiger partial charge in [0.2, 0.25) is 0 Å². The smallest absolute Gasteiger partial charge is 0.173 e. The Hall–Kier alpha value is -1.98. The molecule has 2 aromatic rings. The van der Waals surface area contributed by atoms with Crippen LogP contribution in [0.15, 0.2) is 36.4 Å². The maximum Gasteiger partial charge on any atom is 0.173 e. The summed E-state index contributed by atoms with van der Waals surface area (Å²) in [4.78, 5) is 4.62. The summed E-state index contributed by atoms with van der Waals surface area (Å²) in [6, 6.07) is 12.1. The van der Waals surface area contributed by atoms with E-state index in [9.17, 15) is 0 Å². The van der Waals surface area contributed by atoms with E-state index < -0.39 is 0 Å². The predicted molar refractivity (Wildman–Crippen MR) is 114 cm³/mol. The van der Waals surface area contributed by atoms with Crippen LogP contribution in [0, 0.1) is 13.8 Å². The number of hydrogen-bond acceptors (Lipinski definition) is 3. The number of nitrogens with one attached hydrogen (secondary N) is 1. The van der Waals surface area contributed by atoms with Crippen LogP contribution in [0.4, 0.5) is 11.4 Å². The summed E-state index contributed by atoms with van der Waals surface area (Å²) in [7, 11) is 1.64. The van der Waals surface area contributed by atoms with E-state index in [1.165, 1.54) is 16.8 Å². The van der Waals surface area contributed by atoms with E-state index in [1.807, 2.05) is 12.1 Å². The Labute approximate surface area is 165 Å². The number of methoxy groups -OCH3 is 1. The van der Waals surface area contributed by atoms with Crippen molar-refractivity contribution in [3.63, 3.8) is 0 Å². The molecule has 1 saturated heterocycles. The van der Waals surface area contributed by atoms with Crippen molar-refractivity contribution in [2.45, 2.75) is 13.8 Å². The molecule has 1 heterocycles. The molecular formula is C20H24ClN3OS. The minimum atomic E-state index is 0.649. The molecule has 0 aromatic heterocycles. The van der Waals surface area contributed by atoms with Crippen molar-refractivity contribution in [3.05, 3.63) is 52.5 Å². The first-order valence-electron chi connectivity index (χ1n) is 8.69. The van der Waals surface area contributed by atoms with Gasteiger partial charge in [-0.2, -0.15) is 0 Å². The number of anilines is 2. The number of piperazine rings is 1. The van der Waals surface area contributed by atoms with Gasteiger partial charge in [-0.25, -0.2) is 0 Å². The molecule has 2 aromatic carbocycles. The van der Waals surface area contributed by atoms with Gasteiger partial charge in [0.25, 0.3) is 0 Å². The first-order chi connectivity index (χ1) is 12.5. The molecule has 138 valence electrons. The molecular weight excluding hydrogens is 366 g/mol. The number of ether oxygens (including phenoxy) is 1. The maximum atomic E-state index is 6.10. The third-order valence-electron chi connectivity index (χ3n) is 4.68. The molecule has 0 unspecified atom stereocenters. The van der Waals surface area contributed by atoms with Crippen LogP contribution in [0.1, 0.15) is 11.1 Å². The second-order valence-electron chi connectivity index (χ2n) is 6.54. The molecule has 26 heavy (non-hydrogen) atoms. The van der Waals surface area contributed by atoms with E-state index in [2.05, 4.69) is 47.2 Å². The molecule has 1 fully saturated rings. The second kappa shape index (κ2) is 8.14. The number of aryl methyl sites for hydroxylation is 2. The van der Waals surface area contributed by atoms with Gasteiger partial charge in [-0.05, 0) is 61.5 Å². The number of halogens is 1. The maximum absolute atomic E-state index is 6.10. The number of thiocarbonyl (C=S) groups is 1. The summed E-state index contributed by atoms with van der Waals surface area (Å²) in [6.45, 7) is 7.94. The van der Waals surface area contributed by atoms with Crippen LogP contribution in [-0.2, 0) is 0 Å². The van der Waals surface area contributed by atoms with Gasteiger partial charge in [-0.1, -0.05) is 23.7 Å². The average Bonchev–Trinajstić information content (AvgIpc) is 2.64. The molecule has 0 aliphatic carbocycles. The van der Waals surface area contributed by atoms with E-state index in [4.69, 9.17) is 28.6 Å². The fourth-order valence-corrected chi connectivity index (χ4v) is 3.65. The number of rotatable bonds is 3. The summed E-state index contributed by atoms with van der Waals surface area (Å²) in [5, 5.41) is 4.63. The molecule has 1 aliphatic rings. The van der Waals surface area contributed by atoms with Crippen molar-refractivity contribution in [1.82, 2.24) is 4.90 Å². The highest BCUT2D eigenvalue weighted by Crippen LogP contribution is 2.28. The van der Waals surface area contributed by atoms with Crippen LogP contribution in [-0.4, -0.2) is 43.3 Å². The van der Waals surface area contributed by atoms with Crippen molar-refractivity contribution in [3.8, 4) is 5.75 Å². The van der Waals surface area contributed by atoms with Crippen molar-refractivity contribution in [2.75, 3.05) is 43.5 Å². The molecule has 0 atom stereocenters. The summed E-state index contributed by atoms with van der Waals surface area (Å²) in [6.07, 6.45) is 0. The lowest BCUT2D eigenvalue weighted by atomic mass is 10.1. The molecule has 0 spiro atoms. The van der Waals surface area contributed by atoms with Crippen molar-refractivity contribution >= 4 is 40.3 Å². The highest BCUT2D eigenvalue weighted by atomic mass is 35.5. The summed E-state index contributed by atoms with van der Waals surface area (Å²) in [5.74, 6) is 0.728. The minimum Gasteiger partial charge on any atom is -0.495 e. The Kier molecular flexibility index (Phi) is 5.89. The lowest BCUT2D eigenvalue weighted by Gasteiger charge is -2.38. The van der Waals surface area contributed by atoms with Crippen molar-refractivity contribution in [1.29, 1.82) is 0 Å². The van der Waals surface area contributed by atoms with Gasteiger partial charge in [-0.3, -0.25) is 0 Å². The highest BCUT2D eigenvalue weighted by molar-refractivity contribution is 7.80. The van der Waals surface area contributed by atoms with Crippen LogP contribution in [0.3, 0.4) is 0 Å². The Bertz CT molecular complexity index is 804. The number of nitrogens with zero attached hydrogens (tertiary/aromatic N) is 2. The van der Waals surface area contributed by atoms with E-state index in [-0.39, 0.29) is 0 Å². The predicted octanol–water partition coefficient (Wildman–Crippen LogP) is 4.48. The fourth-order valence-electron chi connectivity index (χ4n) is 3.18. The van der Waals surface area contributed by atoms with Gasteiger partial charge >= 0.3 is 0 Å². The van der Waals surface area contributed by atoms with Gasteiger partial charge in [-0.15, -0.1) is 0 Å². The van der Waals surface area contributed by atoms with Crippen LogP contribution < -0.4 is 15.0 Å². The van der Waals surface area contributed by atoms with Gasteiger partial charge in [0.1, 0.15) is 5.75 Å². The van der Waals surface area contributed by atoms with E-state index in [0.29, 0.717) is 10.1 Å². The molecule has 0 radical (unpaired) electrons. The molecule has 3 rings (SSSR count). The first kappa shape index (κ1) is 18.8. The Morgan fingerprint density at radius 1 is 1.08 bits per heavy atom. The Balaban J connectivity index is 1.64. The van der Waals surface area contributed by atoms with E-state index in [1.54, 1.807) is 13.2 Å². The summed E-state index contributed by atoms with van der Waals surface area (Å²) >= 11 is 11.7. The molecule has 1 aliphatic heterocycles. The SMILES string of the molecule is COc1ccc(Cl)cc1NC(=S)N1CCN(c2cc(C)ccc2C)CC1. The molecule has 0 amide bonds. The monoisotopic (exact) mass is 389 g/mol. The Morgan fingerprint density at radius 3 is 2.50 bits per heavy atom. The zero-order valence-electron chi connectivity index (χ0n) is 15.4. The van der Waals surface area contributed by atoms with Crippen molar-refractivity contribution < 1.29 is 4.74 Å². The van der Waals surface area contributed by atoms with Crippen LogP contribution in [0.25, 0.3) is 0 Å². The standard InChI is InChI=1S/C20H24ClN3OS/c1-14-4-5-15(2)18(12-14)23-8-10-24(11-9-23)20(26)22-17-13-16(21)6-7-19(17)25-3/h4-7,12-13H,8-11H2,1-3H3,(H,22,26). The largest absolute Gasteiger partial charge is 0.495 e. The Morgan fingerprint density at radius 2 is 1.81 bits per heavy atom. The number of benzene rings is 2. The van der Waals surface area contributed by atoms with Crippen LogP contribution in [0.2, 0.25) is 5.02 Å². The molecule has 4 nitrogen and oxygen atoms in total. The molecule has 0 saturated carbocycles. The van der Waals surface area contributed by atoms with Gasteiger partial charge < -0.3 is 19.9 Å². The minimum absolute atomic E-state index is 0.649. The zero-order valence-corrected chi connectivity index (χ0v) is 17.0. The highest BCUT2D eigenvalue weighted by Gasteiger charge is 2.21. The topological polar surface area (TPSA) is 27.7 Å². The normalized spacial score (nSPS) is 14.3. The summed E-state index contributed by atoms with van der Waals surface area (Å²) < 4.78 is 5.38. The van der Waals surface area contributed by atoms with E-state index >= 15 is 0 Å². The molecule has 0 bridgehead atoms. The fraction of sp³-hybridized carbons (Fsp3) is 0.350. The average molecular weight is 390 g/mol. The lowest BCUT2D eigenvalue weighted by molar-refractivity contribution is 0.390. The van der Waals surface area contributed by atoms with E-state index in [0.717, 1.165) is 37.6 Å². The van der Waals surface area contributed by atoms with Crippen LogP contribution >= 0.6 is 23.8 Å². The summed E-state index contributed by atoms with van der Waals surface area (Å²) in [5.41, 5.74) is 4.72. The number of hydrogen-bond donors (Lipinski definition) is 1. The lowest BCUT2D eigenvalue weighted by Crippen LogP contribution is -2.50. The van der Waals surface area contributed by atoms with Gasteiger partial charge in [0.15, 0.2) is 5.11 Å². The third-order valence-corrected chi connectivity index (χ3v) is 5.27. The molecule has 6 heteroatoms.